The SMILES string of the molecule is Cc1cccc(N2CCCC3(CNC3)C2)c1. The molecule has 0 unspecified atom stereocenters. The average Bonchev–Trinajstić information content (AvgIpc) is 2.27. The standard InChI is InChI=1S/C14H20N2/c1-12-4-2-5-13(8-12)16-7-3-6-14(11-16)9-15-10-14/h2,4-5,8,15H,3,6-7,9-11H2,1H3. The lowest BCUT2D eigenvalue weighted by molar-refractivity contribution is 0.138. The van der Waals surface area contributed by atoms with Gasteiger partial charge in [0.1, 0.15) is 0 Å². The molecule has 2 heteroatoms. The summed E-state index contributed by atoms with van der Waals surface area (Å²) in [4.78, 5) is 2.57. The molecule has 0 atom stereocenters. The Balaban J connectivity index is 1.79. The Labute approximate surface area is 97.6 Å². The summed E-state index contributed by atoms with van der Waals surface area (Å²) in [6.45, 7) is 7.08. The summed E-state index contributed by atoms with van der Waals surface area (Å²) in [7, 11) is 0. The zero-order valence-electron chi connectivity index (χ0n) is 10.00. The second-order valence-electron chi connectivity index (χ2n) is 5.47. The molecule has 0 saturated carbocycles. The molecule has 2 nitrogen and oxygen atoms in total. The van der Waals surface area contributed by atoms with Crippen molar-refractivity contribution >= 4 is 5.69 Å². The van der Waals surface area contributed by atoms with E-state index in [-0.39, 0.29) is 0 Å². The van der Waals surface area contributed by atoms with Crippen molar-refractivity contribution in [2.24, 2.45) is 5.41 Å². The Morgan fingerprint density at radius 1 is 1.31 bits per heavy atom. The molecule has 2 saturated heterocycles. The van der Waals surface area contributed by atoms with Gasteiger partial charge in [-0.2, -0.15) is 0 Å². The van der Waals surface area contributed by atoms with Crippen LogP contribution in [0.4, 0.5) is 5.69 Å². The van der Waals surface area contributed by atoms with Crippen LogP contribution < -0.4 is 10.2 Å². The molecule has 2 heterocycles. The van der Waals surface area contributed by atoms with Crippen LogP contribution in [-0.2, 0) is 0 Å². The highest BCUT2D eigenvalue weighted by atomic mass is 15.2. The zero-order valence-corrected chi connectivity index (χ0v) is 10.00. The minimum absolute atomic E-state index is 0.585. The van der Waals surface area contributed by atoms with Gasteiger partial charge in [0.15, 0.2) is 0 Å². The number of aryl methyl sites for hydroxylation is 1. The van der Waals surface area contributed by atoms with Gasteiger partial charge in [-0.25, -0.2) is 0 Å². The van der Waals surface area contributed by atoms with Crippen molar-refractivity contribution in [3.05, 3.63) is 29.8 Å². The van der Waals surface area contributed by atoms with Gasteiger partial charge in [0, 0.05) is 37.3 Å². The molecule has 2 aliphatic heterocycles. The third-order valence-electron chi connectivity index (χ3n) is 4.03. The first-order valence-electron chi connectivity index (χ1n) is 6.30. The van der Waals surface area contributed by atoms with Crippen LogP contribution in [0, 0.1) is 12.3 Å². The molecule has 0 amide bonds. The van der Waals surface area contributed by atoms with Crippen molar-refractivity contribution in [2.75, 3.05) is 31.1 Å². The molecular weight excluding hydrogens is 196 g/mol. The smallest absolute Gasteiger partial charge is 0.0369 e. The molecule has 1 N–H and O–H groups in total. The summed E-state index contributed by atoms with van der Waals surface area (Å²) in [6.07, 6.45) is 2.75. The second kappa shape index (κ2) is 3.77. The highest BCUT2D eigenvalue weighted by molar-refractivity contribution is 5.49. The first-order chi connectivity index (χ1) is 7.77. The summed E-state index contributed by atoms with van der Waals surface area (Å²) in [5.41, 5.74) is 3.36. The van der Waals surface area contributed by atoms with Crippen LogP contribution in [0.15, 0.2) is 24.3 Å². The molecule has 3 rings (SSSR count). The number of nitrogens with one attached hydrogen (secondary N) is 1. The third-order valence-corrected chi connectivity index (χ3v) is 4.03. The highest BCUT2D eigenvalue weighted by Crippen LogP contribution is 2.35. The maximum absolute atomic E-state index is 3.43. The van der Waals surface area contributed by atoms with E-state index in [1.54, 1.807) is 0 Å². The molecule has 1 spiro atoms. The monoisotopic (exact) mass is 216 g/mol. The van der Waals surface area contributed by atoms with Gasteiger partial charge in [0.05, 0.1) is 0 Å². The van der Waals surface area contributed by atoms with Crippen molar-refractivity contribution < 1.29 is 0 Å². The average molecular weight is 216 g/mol. The van der Waals surface area contributed by atoms with E-state index in [4.69, 9.17) is 0 Å². The molecule has 0 aromatic heterocycles. The van der Waals surface area contributed by atoms with Gasteiger partial charge >= 0.3 is 0 Å². The van der Waals surface area contributed by atoms with Crippen molar-refractivity contribution in [2.45, 2.75) is 19.8 Å². The van der Waals surface area contributed by atoms with Crippen LogP contribution >= 0.6 is 0 Å². The summed E-state index contributed by atoms with van der Waals surface area (Å²) in [5.74, 6) is 0. The van der Waals surface area contributed by atoms with E-state index in [1.165, 1.54) is 50.3 Å². The van der Waals surface area contributed by atoms with Crippen molar-refractivity contribution in [3.8, 4) is 0 Å². The van der Waals surface area contributed by atoms with Gasteiger partial charge < -0.3 is 10.2 Å². The quantitative estimate of drug-likeness (QED) is 0.774. The van der Waals surface area contributed by atoms with Crippen LogP contribution in [0.1, 0.15) is 18.4 Å². The molecule has 1 aromatic rings. The lowest BCUT2D eigenvalue weighted by Gasteiger charge is -2.50. The topological polar surface area (TPSA) is 15.3 Å². The number of rotatable bonds is 1. The fourth-order valence-electron chi connectivity index (χ4n) is 3.02. The summed E-state index contributed by atoms with van der Waals surface area (Å²) in [6, 6.07) is 8.91. The molecule has 2 aliphatic rings. The number of anilines is 1. The minimum atomic E-state index is 0.585. The van der Waals surface area contributed by atoms with Gasteiger partial charge in [0.2, 0.25) is 0 Å². The van der Waals surface area contributed by atoms with Gasteiger partial charge in [-0.05, 0) is 37.5 Å². The number of hydrogen-bond acceptors (Lipinski definition) is 2. The fraction of sp³-hybridized carbons (Fsp3) is 0.571. The van der Waals surface area contributed by atoms with Crippen molar-refractivity contribution in [1.29, 1.82) is 0 Å². The fourth-order valence-corrected chi connectivity index (χ4v) is 3.02. The Bertz CT molecular complexity index is 382. The first-order valence-corrected chi connectivity index (χ1v) is 6.30. The largest absolute Gasteiger partial charge is 0.371 e. The van der Waals surface area contributed by atoms with E-state index in [0.717, 1.165) is 0 Å². The highest BCUT2D eigenvalue weighted by Gasteiger charge is 2.40. The van der Waals surface area contributed by atoms with E-state index in [1.807, 2.05) is 0 Å². The molecule has 2 fully saturated rings. The Morgan fingerprint density at radius 3 is 2.88 bits per heavy atom. The maximum atomic E-state index is 3.43. The summed E-state index contributed by atoms with van der Waals surface area (Å²) < 4.78 is 0. The van der Waals surface area contributed by atoms with Crippen LogP contribution in [0.5, 0.6) is 0 Å². The Hall–Kier alpha value is -1.02. The van der Waals surface area contributed by atoms with E-state index in [9.17, 15) is 0 Å². The van der Waals surface area contributed by atoms with Gasteiger partial charge in [-0.3, -0.25) is 0 Å². The molecule has 0 bridgehead atoms. The lowest BCUT2D eigenvalue weighted by Crippen LogP contribution is -2.61. The minimum Gasteiger partial charge on any atom is -0.371 e. The molecule has 0 radical (unpaired) electrons. The van der Waals surface area contributed by atoms with Crippen LogP contribution in [-0.4, -0.2) is 26.2 Å². The predicted molar refractivity (Wildman–Crippen MR) is 67.9 cm³/mol. The van der Waals surface area contributed by atoms with Crippen LogP contribution in [0.2, 0.25) is 0 Å². The normalized spacial score (nSPS) is 23.2. The van der Waals surface area contributed by atoms with Gasteiger partial charge in [-0.15, -0.1) is 0 Å². The van der Waals surface area contributed by atoms with E-state index < -0.39 is 0 Å². The van der Waals surface area contributed by atoms with Gasteiger partial charge in [-0.1, -0.05) is 12.1 Å². The van der Waals surface area contributed by atoms with Crippen molar-refractivity contribution in [3.63, 3.8) is 0 Å². The number of piperidine rings is 1. The third kappa shape index (κ3) is 1.71. The molecule has 1 aromatic carbocycles. The van der Waals surface area contributed by atoms with Crippen LogP contribution in [0.25, 0.3) is 0 Å². The molecule has 0 aliphatic carbocycles. The maximum Gasteiger partial charge on any atom is 0.0369 e. The van der Waals surface area contributed by atoms with E-state index in [2.05, 4.69) is 41.4 Å². The first kappa shape index (κ1) is 10.2. The summed E-state index contributed by atoms with van der Waals surface area (Å²) >= 11 is 0. The van der Waals surface area contributed by atoms with Gasteiger partial charge in [0.25, 0.3) is 0 Å². The van der Waals surface area contributed by atoms with Crippen LogP contribution in [0.3, 0.4) is 0 Å². The summed E-state index contributed by atoms with van der Waals surface area (Å²) in [5, 5.41) is 3.43. The second-order valence-corrected chi connectivity index (χ2v) is 5.47. The molecule has 16 heavy (non-hydrogen) atoms. The molecule has 86 valence electrons. The number of hydrogen-bond donors (Lipinski definition) is 1. The zero-order chi connectivity index (χ0) is 11.0. The van der Waals surface area contributed by atoms with Crippen molar-refractivity contribution in [1.82, 2.24) is 5.32 Å². The Kier molecular flexibility index (Phi) is 2.40. The lowest BCUT2D eigenvalue weighted by atomic mass is 9.75. The van der Waals surface area contributed by atoms with E-state index in [0.29, 0.717) is 5.41 Å². The van der Waals surface area contributed by atoms with E-state index >= 15 is 0 Å². The predicted octanol–water partition coefficient (Wildman–Crippen LogP) is 2.18. The molecular formula is C14H20N2. The number of nitrogens with zero attached hydrogens (tertiary/aromatic N) is 1. The number of benzene rings is 1. The Morgan fingerprint density at radius 2 is 2.19 bits per heavy atom.